The molecule has 1 unspecified atom stereocenters. The Morgan fingerprint density at radius 2 is 1.12 bits per heavy atom. The van der Waals surface area contributed by atoms with Crippen molar-refractivity contribution in [1.82, 2.24) is 0 Å². The number of hydrogen-bond acceptors (Lipinski definition) is 0. The zero-order chi connectivity index (χ0) is 24.6. The van der Waals surface area contributed by atoms with Crippen molar-refractivity contribution in [3.05, 3.63) is 112 Å². The summed E-state index contributed by atoms with van der Waals surface area (Å²) in [6.07, 6.45) is 0. The van der Waals surface area contributed by atoms with Gasteiger partial charge in [-0.3, -0.25) is 0 Å². The lowest BCUT2D eigenvalue weighted by Gasteiger charge is -2.39. The lowest BCUT2D eigenvalue weighted by atomic mass is 9.90. The summed E-state index contributed by atoms with van der Waals surface area (Å²) < 4.78 is 0. The molecule has 0 heterocycles. The van der Waals surface area contributed by atoms with Gasteiger partial charge in [0.25, 0.3) is 0 Å². The Balaban J connectivity index is 2.03. The van der Waals surface area contributed by atoms with Gasteiger partial charge >= 0.3 is 0 Å². The second-order valence-corrected chi connectivity index (χ2v) is 14.3. The van der Waals surface area contributed by atoms with E-state index in [0.29, 0.717) is 11.8 Å². The van der Waals surface area contributed by atoms with Crippen LogP contribution in [-0.2, 0) is 0 Å². The Morgan fingerprint density at radius 1 is 0.618 bits per heavy atom. The van der Waals surface area contributed by atoms with Crippen LogP contribution in [0.2, 0.25) is 5.04 Å². The Morgan fingerprint density at radius 3 is 1.59 bits per heavy atom. The molecule has 0 saturated heterocycles. The summed E-state index contributed by atoms with van der Waals surface area (Å²) in [4.78, 5) is 0. The van der Waals surface area contributed by atoms with E-state index in [9.17, 15) is 0 Å². The Labute approximate surface area is 209 Å². The second kappa shape index (κ2) is 9.54. The van der Waals surface area contributed by atoms with Gasteiger partial charge in [-0.15, -0.1) is 0 Å². The molecule has 4 rings (SSSR count). The quantitative estimate of drug-likeness (QED) is 0.326. The average molecular weight is 465 g/mol. The highest BCUT2D eigenvalue weighted by Crippen LogP contribution is 2.58. The van der Waals surface area contributed by atoms with Crippen LogP contribution in [0.15, 0.2) is 95.6 Å². The molecule has 0 aromatic heterocycles. The number of hydrogen-bond donors (Lipinski definition) is 0. The minimum atomic E-state index is -1.73. The van der Waals surface area contributed by atoms with Crippen LogP contribution in [0.1, 0.15) is 83.9 Å². The molecule has 0 amide bonds. The van der Waals surface area contributed by atoms with Crippen molar-refractivity contribution in [2.45, 2.75) is 72.3 Å². The predicted molar refractivity (Wildman–Crippen MR) is 153 cm³/mol. The van der Waals surface area contributed by atoms with E-state index in [0.717, 1.165) is 0 Å². The number of allylic oxidation sites excluding steroid dienone is 4. The zero-order valence-corrected chi connectivity index (χ0v) is 23.4. The van der Waals surface area contributed by atoms with Crippen molar-refractivity contribution in [1.29, 1.82) is 0 Å². The molecule has 176 valence electrons. The van der Waals surface area contributed by atoms with Gasteiger partial charge in [-0.1, -0.05) is 129 Å². The maximum Gasteiger partial charge on any atom is 0.117 e. The average Bonchev–Trinajstić information content (AvgIpc) is 3.00. The maximum absolute atomic E-state index is 2.55. The summed E-state index contributed by atoms with van der Waals surface area (Å²) in [7, 11) is -1.73. The zero-order valence-electron chi connectivity index (χ0n) is 22.2. The SMILES string of the molecule is CC1=C(C)C(C)([SiH](c2cccc(C(C)C)c2)c2cccc(C(C)C)c2)C(c2ccccc2)=C1C. The van der Waals surface area contributed by atoms with Crippen molar-refractivity contribution >= 4 is 24.7 Å². The summed E-state index contributed by atoms with van der Waals surface area (Å²) in [6, 6.07) is 30.2. The topological polar surface area (TPSA) is 0 Å². The number of benzene rings is 3. The highest BCUT2D eigenvalue weighted by molar-refractivity contribution is 6.89. The first-order valence-electron chi connectivity index (χ1n) is 12.8. The standard InChI is InChI=1S/C33H40Si/c1-22(2)28-16-12-18-30(20-28)34(31-19-13-17-29(21-31)23(3)4)33(8)26(7)24(5)25(6)32(33)27-14-10-9-11-15-27/h9-23,34H,1-8H3. The van der Waals surface area contributed by atoms with Crippen LogP contribution < -0.4 is 10.4 Å². The highest BCUT2D eigenvalue weighted by Gasteiger charge is 2.47. The minimum absolute atomic E-state index is 0.000720. The van der Waals surface area contributed by atoms with Gasteiger partial charge in [0.2, 0.25) is 0 Å². The molecule has 3 aromatic rings. The fourth-order valence-electron chi connectivity index (χ4n) is 5.97. The van der Waals surface area contributed by atoms with Gasteiger partial charge in [-0.2, -0.15) is 0 Å². The van der Waals surface area contributed by atoms with Crippen LogP contribution in [0.3, 0.4) is 0 Å². The second-order valence-electron chi connectivity index (χ2n) is 10.9. The highest BCUT2D eigenvalue weighted by atomic mass is 28.3. The molecule has 0 nitrogen and oxygen atoms in total. The molecule has 0 bridgehead atoms. The van der Waals surface area contributed by atoms with Gasteiger partial charge in [0.05, 0.1) is 0 Å². The van der Waals surface area contributed by atoms with E-state index in [2.05, 4.69) is 134 Å². The lowest BCUT2D eigenvalue weighted by molar-refractivity contribution is 0.865. The molecule has 0 N–H and O–H groups in total. The van der Waals surface area contributed by atoms with Crippen molar-refractivity contribution in [3.63, 3.8) is 0 Å². The van der Waals surface area contributed by atoms with E-state index in [4.69, 9.17) is 0 Å². The molecule has 1 heteroatoms. The Hall–Kier alpha value is -2.64. The molecule has 3 aromatic carbocycles. The van der Waals surface area contributed by atoms with Crippen LogP contribution in [-0.4, -0.2) is 8.80 Å². The van der Waals surface area contributed by atoms with Crippen LogP contribution in [0.25, 0.3) is 5.57 Å². The smallest absolute Gasteiger partial charge is 0.0629 e. The van der Waals surface area contributed by atoms with Crippen molar-refractivity contribution in [2.75, 3.05) is 0 Å². The molecule has 0 fully saturated rings. The summed E-state index contributed by atoms with van der Waals surface area (Å²) in [5.41, 5.74) is 10.3. The molecular weight excluding hydrogens is 424 g/mol. The summed E-state index contributed by atoms with van der Waals surface area (Å²) >= 11 is 0. The van der Waals surface area contributed by atoms with Crippen LogP contribution in [0.5, 0.6) is 0 Å². The predicted octanol–water partition coefficient (Wildman–Crippen LogP) is 7.86. The third-order valence-corrected chi connectivity index (χ3v) is 12.2. The summed E-state index contributed by atoms with van der Waals surface area (Å²) in [5.74, 6) is 1.05. The van der Waals surface area contributed by atoms with Gasteiger partial charge < -0.3 is 0 Å². The molecule has 0 radical (unpaired) electrons. The largest absolute Gasteiger partial charge is 0.117 e. The van der Waals surface area contributed by atoms with Crippen LogP contribution in [0.4, 0.5) is 0 Å². The van der Waals surface area contributed by atoms with Gasteiger partial charge in [-0.05, 0) is 66.0 Å². The lowest BCUT2D eigenvalue weighted by Crippen LogP contribution is -2.51. The van der Waals surface area contributed by atoms with E-state index in [-0.39, 0.29) is 5.04 Å². The van der Waals surface area contributed by atoms with Crippen LogP contribution in [0, 0.1) is 0 Å². The van der Waals surface area contributed by atoms with Gasteiger partial charge in [0.15, 0.2) is 0 Å². The molecule has 1 aliphatic rings. The van der Waals surface area contributed by atoms with E-state index in [1.807, 2.05) is 0 Å². The first-order chi connectivity index (χ1) is 16.2. The van der Waals surface area contributed by atoms with Crippen molar-refractivity contribution < 1.29 is 0 Å². The fraction of sp³-hybridized carbons (Fsp3) is 0.333. The number of rotatable bonds is 6. The third-order valence-electron chi connectivity index (χ3n) is 8.26. The molecule has 1 aliphatic carbocycles. The minimum Gasteiger partial charge on any atom is -0.0629 e. The third kappa shape index (κ3) is 4.16. The van der Waals surface area contributed by atoms with Gasteiger partial charge in [0, 0.05) is 5.04 Å². The summed E-state index contributed by atoms with van der Waals surface area (Å²) in [6.45, 7) is 18.8. The molecule has 0 aliphatic heterocycles. The van der Waals surface area contributed by atoms with Crippen molar-refractivity contribution in [3.8, 4) is 0 Å². The Kier molecular flexibility index (Phi) is 6.87. The first kappa shape index (κ1) is 24.5. The monoisotopic (exact) mass is 464 g/mol. The van der Waals surface area contributed by atoms with E-state index < -0.39 is 8.80 Å². The van der Waals surface area contributed by atoms with E-state index in [1.54, 1.807) is 15.9 Å². The maximum atomic E-state index is 2.55. The Bertz CT molecular complexity index is 1190. The van der Waals surface area contributed by atoms with E-state index in [1.165, 1.54) is 33.4 Å². The first-order valence-corrected chi connectivity index (χ1v) is 14.5. The van der Waals surface area contributed by atoms with Crippen molar-refractivity contribution in [2.24, 2.45) is 0 Å². The molecule has 0 spiro atoms. The fourth-order valence-corrected chi connectivity index (χ4v) is 10.3. The molecular formula is C33H40Si. The molecule has 1 atom stereocenters. The van der Waals surface area contributed by atoms with Crippen LogP contribution >= 0.6 is 0 Å². The molecule has 0 saturated carbocycles. The van der Waals surface area contributed by atoms with Gasteiger partial charge in [-0.25, -0.2) is 0 Å². The van der Waals surface area contributed by atoms with Gasteiger partial charge in [0.1, 0.15) is 8.80 Å². The van der Waals surface area contributed by atoms with E-state index >= 15 is 0 Å². The normalized spacial score (nSPS) is 18.7. The summed E-state index contributed by atoms with van der Waals surface area (Å²) in [5, 5.41) is 3.09. The molecule has 34 heavy (non-hydrogen) atoms.